The molecule has 1 rings (SSSR count). The van der Waals surface area contributed by atoms with Crippen molar-refractivity contribution in [3.8, 4) is 0 Å². The summed E-state index contributed by atoms with van der Waals surface area (Å²) in [6.07, 6.45) is 1.34. The predicted molar refractivity (Wildman–Crippen MR) is 50.3 cm³/mol. The van der Waals surface area contributed by atoms with E-state index in [2.05, 4.69) is 0 Å². The summed E-state index contributed by atoms with van der Waals surface area (Å²) in [5, 5.41) is -0.583. The number of aldehydes is 1. The van der Waals surface area contributed by atoms with E-state index in [1.54, 1.807) is 0 Å². The molecule has 0 bridgehead atoms. The minimum atomic E-state index is -0.670. The molecule has 0 saturated heterocycles. The van der Waals surface area contributed by atoms with Gasteiger partial charge in [0.05, 0.1) is 5.38 Å². The molecular weight excluding hydrogens is 210 g/mol. The molecule has 0 aromatic heterocycles. The van der Waals surface area contributed by atoms with Gasteiger partial charge in [-0.3, -0.25) is 0 Å². The van der Waals surface area contributed by atoms with Gasteiger partial charge in [-0.2, -0.15) is 0 Å². The van der Waals surface area contributed by atoms with Crippen molar-refractivity contribution in [2.24, 2.45) is 0 Å². The van der Waals surface area contributed by atoms with Crippen LogP contribution in [0.25, 0.3) is 0 Å². The first-order valence-electron chi connectivity index (χ1n) is 4.18. The Hall–Kier alpha value is -0.960. The van der Waals surface area contributed by atoms with Crippen LogP contribution in [0.1, 0.15) is 23.8 Å². The second kappa shape index (κ2) is 5.05. The van der Waals surface area contributed by atoms with Gasteiger partial charge in [0.15, 0.2) is 0 Å². The first kappa shape index (κ1) is 11.1. The van der Waals surface area contributed by atoms with E-state index in [0.717, 1.165) is 18.4 Å². The van der Waals surface area contributed by atoms with Gasteiger partial charge in [0.1, 0.15) is 17.9 Å². The highest BCUT2D eigenvalue weighted by Crippen LogP contribution is 2.27. The zero-order chi connectivity index (χ0) is 10.6. The third-order valence-electron chi connectivity index (χ3n) is 1.84. The SMILES string of the molecule is O=CCCC(Cl)c1ccc(F)cc1F. The smallest absolute Gasteiger partial charge is 0.130 e. The van der Waals surface area contributed by atoms with Crippen molar-refractivity contribution in [2.75, 3.05) is 0 Å². The molecule has 0 aliphatic heterocycles. The summed E-state index contributed by atoms with van der Waals surface area (Å²) in [6.45, 7) is 0. The molecule has 1 aromatic carbocycles. The number of benzene rings is 1. The van der Waals surface area contributed by atoms with Gasteiger partial charge in [-0.15, -0.1) is 11.6 Å². The van der Waals surface area contributed by atoms with Gasteiger partial charge in [-0.05, 0) is 12.5 Å². The zero-order valence-corrected chi connectivity index (χ0v) is 8.10. The van der Waals surface area contributed by atoms with Crippen molar-refractivity contribution in [2.45, 2.75) is 18.2 Å². The van der Waals surface area contributed by atoms with Crippen LogP contribution in [0.15, 0.2) is 18.2 Å². The second-order valence-corrected chi connectivity index (χ2v) is 3.40. The molecule has 1 nitrogen and oxygen atoms in total. The maximum atomic E-state index is 13.1. The number of hydrogen-bond donors (Lipinski definition) is 0. The molecular formula is C10H9ClF2O. The van der Waals surface area contributed by atoms with Gasteiger partial charge >= 0.3 is 0 Å². The van der Waals surface area contributed by atoms with Crippen molar-refractivity contribution >= 4 is 17.9 Å². The van der Waals surface area contributed by atoms with E-state index >= 15 is 0 Å². The molecule has 1 aromatic rings. The molecule has 0 aliphatic carbocycles. The van der Waals surface area contributed by atoms with E-state index in [1.165, 1.54) is 6.07 Å². The molecule has 0 heterocycles. The molecule has 1 atom stereocenters. The number of halogens is 3. The zero-order valence-electron chi connectivity index (χ0n) is 7.34. The lowest BCUT2D eigenvalue weighted by molar-refractivity contribution is -0.107. The van der Waals surface area contributed by atoms with Crippen molar-refractivity contribution in [1.29, 1.82) is 0 Å². The van der Waals surface area contributed by atoms with Crippen molar-refractivity contribution in [1.82, 2.24) is 0 Å². The highest BCUT2D eigenvalue weighted by Gasteiger charge is 2.12. The average Bonchev–Trinajstić information content (AvgIpc) is 2.14. The van der Waals surface area contributed by atoms with E-state index in [1.807, 2.05) is 0 Å². The minimum absolute atomic E-state index is 0.231. The van der Waals surface area contributed by atoms with Gasteiger partial charge in [0.25, 0.3) is 0 Å². The van der Waals surface area contributed by atoms with E-state index in [0.29, 0.717) is 6.42 Å². The minimum Gasteiger partial charge on any atom is -0.303 e. The standard InChI is InChI=1S/C10H9ClF2O/c11-9(2-1-5-14)8-4-3-7(12)6-10(8)13/h3-6,9H,1-2H2. The lowest BCUT2D eigenvalue weighted by Crippen LogP contribution is -1.96. The maximum absolute atomic E-state index is 13.1. The highest BCUT2D eigenvalue weighted by atomic mass is 35.5. The normalized spacial score (nSPS) is 12.5. The molecule has 14 heavy (non-hydrogen) atoms. The van der Waals surface area contributed by atoms with Crippen LogP contribution in [-0.2, 0) is 4.79 Å². The quantitative estimate of drug-likeness (QED) is 0.560. The van der Waals surface area contributed by atoms with Crippen molar-refractivity contribution < 1.29 is 13.6 Å². The molecule has 0 radical (unpaired) electrons. The number of rotatable bonds is 4. The maximum Gasteiger partial charge on any atom is 0.130 e. The number of alkyl halides is 1. The highest BCUT2D eigenvalue weighted by molar-refractivity contribution is 6.20. The van der Waals surface area contributed by atoms with Crippen LogP contribution in [0.5, 0.6) is 0 Å². The van der Waals surface area contributed by atoms with Crippen LogP contribution in [0, 0.1) is 11.6 Å². The van der Waals surface area contributed by atoms with Crippen LogP contribution < -0.4 is 0 Å². The first-order valence-corrected chi connectivity index (χ1v) is 4.61. The lowest BCUT2D eigenvalue weighted by atomic mass is 10.1. The molecule has 0 spiro atoms. The number of carbonyl (C=O) groups excluding carboxylic acids is 1. The van der Waals surface area contributed by atoms with Crippen molar-refractivity contribution in [3.63, 3.8) is 0 Å². The lowest BCUT2D eigenvalue weighted by Gasteiger charge is -2.08. The van der Waals surface area contributed by atoms with Crippen molar-refractivity contribution in [3.05, 3.63) is 35.4 Å². The van der Waals surface area contributed by atoms with Gasteiger partial charge in [0, 0.05) is 18.1 Å². The van der Waals surface area contributed by atoms with E-state index in [9.17, 15) is 13.6 Å². The molecule has 4 heteroatoms. The summed E-state index contributed by atoms with van der Waals surface area (Å²) < 4.78 is 25.6. The Morgan fingerprint density at radius 3 is 2.71 bits per heavy atom. The Morgan fingerprint density at radius 1 is 1.43 bits per heavy atom. The number of carbonyl (C=O) groups is 1. The Labute approximate surface area is 85.7 Å². The van der Waals surface area contributed by atoms with E-state index in [4.69, 9.17) is 11.6 Å². The fourth-order valence-corrected chi connectivity index (χ4v) is 1.43. The monoisotopic (exact) mass is 218 g/mol. The van der Waals surface area contributed by atoms with Crippen LogP contribution in [0.3, 0.4) is 0 Å². The summed E-state index contributed by atoms with van der Waals surface area (Å²) in [5.74, 6) is -1.30. The van der Waals surface area contributed by atoms with Crippen LogP contribution in [-0.4, -0.2) is 6.29 Å². The summed E-state index contributed by atoms with van der Waals surface area (Å²) in [5.41, 5.74) is 0.231. The Kier molecular flexibility index (Phi) is 4.01. The molecule has 76 valence electrons. The van der Waals surface area contributed by atoms with Crippen LogP contribution in [0.4, 0.5) is 8.78 Å². The molecule has 0 fully saturated rings. The van der Waals surface area contributed by atoms with Gasteiger partial charge in [0.2, 0.25) is 0 Å². The predicted octanol–water partition coefficient (Wildman–Crippen LogP) is 3.22. The van der Waals surface area contributed by atoms with Gasteiger partial charge < -0.3 is 4.79 Å². The summed E-state index contributed by atoms with van der Waals surface area (Å²) >= 11 is 5.82. The molecule has 1 unspecified atom stereocenters. The molecule has 0 amide bonds. The summed E-state index contributed by atoms with van der Waals surface area (Å²) in [7, 11) is 0. The van der Waals surface area contributed by atoms with Gasteiger partial charge in [-0.25, -0.2) is 8.78 Å². The first-order chi connectivity index (χ1) is 6.65. The fraction of sp³-hybridized carbons (Fsp3) is 0.300. The number of hydrogen-bond acceptors (Lipinski definition) is 1. The van der Waals surface area contributed by atoms with E-state index in [-0.39, 0.29) is 12.0 Å². The van der Waals surface area contributed by atoms with E-state index < -0.39 is 17.0 Å². The molecule has 0 N–H and O–H groups in total. The third kappa shape index (κ3) is 2.77. The molecule has 0 saturated carbocycles. The topological polar surface area (TPSA) is 17.1 Å². The Balaban J connectivity index is 2.78. The fourth-order valence-electron chi connectivity index (χ4n) is 1.13. The molecule has 0 aliphatic rings. The van der Waals surface area contributed by atoms with Gasteiger partial charge in [-0.1, -0.05) is 6.07 Å². The Bertz CT molecular complexity index is 328. The summed E-state index contributed by atoms with van der Waals surface area (Å²) in [6, 6.07) is 3.23. The third-order valence-corrected chi connectivity index (χ3v) is 2.29. The largest absolute Gasteiger partial charge is 0.303 e. The van der Waals surface area contributed by atoms with Crippen LogP contribution in [0.2, 0.25) is 0 Å². The second-order valence-electron chi connectivity index (χ2n) is 2.88. The Morgan fingerprint density at radius 2 is 2.14 bits per heavy atom. The van der Waals surface area contributed by atoms with Crippen LogP contribution >= 0.6 is 11.6 Å². The average molecular weight is 219 g/mol. The summed E-state index contributed by atoms with van der Waals surface area (Å²) in [4.78, 5) is 10.1.